The normalized spacial score (nSPS) is 11.7. The second kappa shape index (κ2) is 7.00. The zero-order valence-electron chi connectivity index (χ0n) is 12.1. The van der Waals surface area contributed by atoms with Gasteiger partial charge in [0, 0.05) is 23.1 Å². The van der Waals surface area contributed by atoms with Crippen LogP contribution >= 0.6 is 27.5 Å². The van der Waals surface area contributed by atoms with Crippen molar-refractivity contribution in [3.63, 3.8) is 0 Å². The van der Waals surface area contributed by atoms with E-state index >= 15 is 0 Å². The quantitative estimate of drug-likeness (QED) is 0.758. The van der Waals surface area contributed by atoms with Crippen LogP contribution in [0.5, 0.6) is 5.75 Å². The van der Waals surface area contributed by atoms with Gasteiger partial charge in [0.25, 0.3) is 0 Å². The molecule has 0 heterocycles. The highest BCUT2D eigenvalue weighted by molar-refractivity contribution is 9.10. The Labute approximate surface area is 143 Å². The van der Waals surface area contributed by atoms with Crippen molar-refractivity contribution in [3.05, 3.63) is 57.5 Å². The van der Waals surface area contributed by atoms with Crippen LogP contribution in [0.15, 0.2) is 51.8 Å². The molecule has 0 aliphatic heterocycles. The first-order chi connectivity index (χ1) is 10.3. The van der Waals surface area contributed by atoms with E-state index in [9.17, 15) is 8.42 Å². The smallest absolute Gasteiger partial charge is 0.246 e. The summed E-state index contributed by atoms with van der Waals surface area (Å²) in [7, 11) is -0.712. The van der Waals surface area contributed by atoms with E-state index in [1.165, 1.54) is 24.5 Å². The Bertz CT molecular complexity index is 780. The summed E-state index contributed by atoms with van der Waals surface area (Å²) in [5.74, 6) is 0.307. The molecule has 2 aromatic rings. The minimum Gasteiger partial charge on any atom is -0.495 e. The van der Waals surface area contributed by atoms with E-state index in [0.717, 1.165) is 5.56 Å². The van der Waals surface area contributed by atoms with Gasteiger partial charge >= 0.3 is 0 Å². The van der Waals surface area contributed by atoms with E-state index in [1.54, 1.807) is 30.3 Å². The fourth-order valence-electron chi connectivity index (χ4n) is 2.00. The zero-order valence-corrected chi connectivity index (χ0v) is 15.2. The second-order valence-electron chi connectivity index (χ2n) is 4.69. The van der Waals surface area contributed by atoms with Gasteiger partial charge in [0.1, 0.15) is 10.6 Å². The molecule has 0 aromatic heterocycles. The average Bonchev–Trinajstić information content (AvgIpc) is 2.47. The molecule has 0 aliphatic rings. The van der Waals surface area contributed by atoms with Gasteiger partial charge in [0.2, 0.25) is 10.0 Å². The maximum atomic E-state index is 12.7. The fraction of sp³-hybridized carbons (Fsp3) is 0.200. The third-order valence-electron chi connectivity index (χ3n) is 3.11. The van der Waals surface area contributed by atoms with Crippen molar-refractivity contribution in [2.45, 2.75) is 11.4 Å². The van der Waals surface area contributed by atoms with Crippen LogP contribution in [-0.2, 0) is 16.6 Å². The Morgan fingerprint density at radius 2 is 1.95 bits per heavy atom. The zero-order chi connectivity index (χ0) is 16.3. The molecule has 0 atom stereocenters. The Hall–Kier alpha value is -1.08. The number of halogens is 2. The molecule has 0 unspecified atom stereocenters. The number of nitrogens with zero attached hydrogens (tertiary/aromatic N) is 1. The number of methoxy groups -OCH3 is 1. The molecule has 22 heavy (non-hydrogen) atoms. The summed E-state index contributed by atoms with van der Waals surface area (Å²) in [6.07, 6.45) is 0. The first-order valence-electron chi connectivity index (χ1n) is 6.39. The third kappa shape index (κ3) is 3.81. The summed E-state index contributed by atoms with van der Waals surface area (Å²) >= 11 is 9.22. The summed E-state index contributed by atoms with van der Waals surface area (Å²) in [5.41, 5.74) is 0.813. The summed E-state index contributed by atoms with van der Waals surface area (Å²) in [6, 6.07) is 12.0. The maximum absolute atomic E-state index is 12.7. The van der Waals surface area contributed by atoms with Crippen LogP contribution in [-0.4, -0.2) is 26.9 Å². The molecule has 4 nitrogen and oxygen atoms in total. The van der Waals surface area contributed by atoms with Crippen molar-refractivity contribution < 1.29 is 13.2 Å². The molecule has 2 rings (SSSR count). The Morgan fingerprint density at radius 3 is 2.59 bits per heavy atom. The van der Waals surface area contributed by atoms with E-state index in [-0.39, 0.29) is 11.4 Å². The Kier molecular flexibility index (Phi) is 5.50. The Morgan fingerprint density at radius 1 is 1.23 bits per heavy atom. The van der Waals surface area contributed by atoms with Crippen molar-refractivity contribution in [1.82, 2.24) is 4.31 Å². The van der Waals surface area contributed by atoms with Gasteiger partial charge in [-0.15, -0.1) is 0 Å². The molecule has 0 saturated carbocycles. The van der Waals surface area contributed by atoms with E-state index in [0.29, 0.717) is 15.2 Å². The lowest BCUT2D eigenvalue weighted by Crippen LogP contribution is -2.27. The predicted octanol–water partition coefficient (Wildman–Crippen LogP) is 3.93. The van der Waals surface area contributed by atoms with Crippen LogP contribution in [0.2, 0.25) is 5.02 Å². The number of rotatable bonds is 5. The lowest BCUT2D eigenvalue weighted by molar-refractivity contribution is 0.397. The van der Waals surface area contributed by atoms with E-state index in [2.05, 4.69) is 15.9 Å². The van der Waals surface area contributed by atoms with Gasteiger partial charge in [-0.3, -0.25) is 0 Å². The maximum Gasteiger partial charge on any atom is 0.246 e. The van der Waals surface area contributed by atoms with Crippen LogP contribution in [0.25, 0.3) is 0 Å². The molecule has 0 spiro atoms. The summed E-state index contributed by atoms with van der Waals surface area (Å²) in [6.45, 7) is 0.221. The first-order valence-corrected chi connectivity index (χ1v) is 9.00. The average molecular weight is 405 g/mol. The molecule has 0 fully saturated rings. The van der Waals surface area contributed by atoms with Crippen LogP contribution in [0.1, 0.15) is 5.56 Å². The SMILES string of the molecule is COc1ccc(Br)cc1S(=O)(=O)N(C)Cc1cccc(Cl)c1. The van der Waals surface area contributed by atoms with Gasteiger partial charge in [-0.25, -0.2) is 8.42 Å². The van der Waals surface area contributed by atoms with E-state index in [1.807, 2.05) is 6.07 Å². The third-order valence-corrected chi connectivity index (χ3v) is 5.66. The van der Waals surface area contributed by atoms with Gasteiger partial charge in [0.05, 0.1) is 7.11 Å². The van der Waals surface area contributed by atoms with Crippen LogP contribution in [0.3, 0.4) is 0 Å². The highest BCUT2D eigenvalue weighted by atomic mass is 79.9. The van der Waals surface area contributed by atoms with Crippen LogP contribution in [0, 0.1) is 0 Å². The van der Waals surface area contributed by atoms with Gasteiger partial charge in [-0.05, 0) is 35.9 Å². The molecule has 0 radical (unpaired) electrons. The number of hydrogen-bond acceptors (Lipinski definition) is 3. The molecule has 118 valence electrons. The largest absolute Gasteiger partial charge is 0.495 e. The van der Waals surface area contributed by atoms with Crippen LogP contribution in [0.4, 0.5) is 0 Å². The number of ether oxygens (including phenoxy) is 1. The van der Waals surface area contributed by atoms with E-state index in [4.69, 9.17) is 16.3 Å². The second-order valence-corrected chi connectivity index (χ2v) is 8.05. The summed E-state index contributed by atoms with van der Waals surface area (Å²) in [5, 5.41) is 0.573. The van der Waals surface area contributed by atoms with Gasteiger partial charge < -0.3 is 4.74 Å². The first kappa shape index (κ1) is 17.3. The lowest BCUT2D eigenvalue weighted by Gasteiger charge is -2.19. The van der Waals surface area contributed by atoms with Crippen molar-refractivity contribution in [3.8, 4) is 5.75 Å². The van der Waals surface area contributed by atoms with Crippen LogP contribution < -0.4 is 4.74 Å². The van der Waals surface area contributed by atoms with E-state index < -0.39 is 10.0 Å². The predicted molar refractivity (Wildman–Crippen MR) is 90.8 cm³/mol. The number of hydrogen-bond donors (Lipinski definition) is 0. The standard InChI is InChI=1S/C15H15BrClNO3S/c1-18(10-11-4-3-5-13(17)8-11)22(19,20)15-9-12(16)6-7-14(15)21-2/h3-9H,10H2,1-2H3. The number of benzene rings is 2. The highest BCUT2D eigenvalue weighted by Gasteiger charge is 2.25. The van der Waals surface area contributed by atoms with Crippen molar-refractivity contribution in [2.75, 3.05) is 14.2 Å². The number of sulfonamides is 1. The summed E-state index contributed by atoms with van der Waals surface area (Å²) < 4.78 is 32.6. The molecule has 0 bridgehead atoms. The minimum atomic E-state index is -3.68. The highest BCUT2D eigenvalue weighted by Crippen LogP contribution is 2.30. The lowest BCUT2D eigenvalue weighted by atomic mass is 10.2. The monoisotopic (exact) mass is 403 g/mol. The molecule has 0 N–H and O–H groups in total. The van der Waals surface area contributed by atoms with Crippen molar-refractivity contribution in [2.24, 2.45) is 0 Å². The van der Waals surface area contributed by atoms with Crippen molar-refractivity contribution in [1.29, 1.82) is 0 Å². The molecule has 7 heteroatoms. The fourth-order valence-corrected chi connectivity index (χ4v) is 4.06. The molecule has 2 aromatic carbocycles. The minimum absolute atomic E-state index is 0.119. The van der Waals surface area contributed by atoms with Crippen molar-refractivity contribution >= 4 is 37.6 Å². The van der Waals surface area contributed by atoms with Gasteiger partial charge in [-0.2, -0.15) is 4.31 Å². The van der Waals surface area contributed by atoms with Gasteiger partial charge in [-0.1, -0.05) is 39.7 Å². The Balaban J connectivity index is 2.35. The molecular formula is C15H15BrClNO3S. The summed E-state index contributed by atoms with van der Waals surface area (Å²) in [4.78, 5) is 0.119. The molecular weight excluding hydrogens is 390 g/mol. The molecule has 0 amide bonds. The molecule has 0 aliphatic carbocycles. The topological polar surface area (TPSA) is 46.6 Å². The molecule has 0 saturated heterocycles. The van der Waals surface area contributed by atoms with Gasteiger partial charge in [0.15, 0.2) is 0 Å².